The summed E-state index contributed by atoms with van der Waals surface area (Å²) in [5.74, 6) is 0.117. The van der Waals surface area contributed by atoms with E-state index in [0.29, 0.717) is 53.1 Å². The predicted octanol–water partition coefficient (Wildman–Crippen LogP) is 8.34. The van der Waals surface area contributed by atoms with E-state index < -0.39 is 35.1 Å². The molecule has 1 saturated heterocycles. The number of carbonyl (C=O) groups is 2. The Kier molecular flexibility index (Phi) is 9.39. The summed E-state index contributed by atoms with van der Waals surface area (Å²) in [4.78, 5) is 39.8. The van der Waals surface area contributed by atoms with Crippen molar-refractivity contribution in [2.45, 2.75) is 63.6 Å². The number of rotatable bonds is 10. The Balaban J connectivity index is 0.971. The molecule has 0 radical (unpaired) electrons. The third-order valence-electron chi connectivity index (χ3n) is 12.9. The summed E-state index contributed by atoms with van der Waals surface area (Å²) in [6, 6.07) is 15.7. The Hall–Kier alpha value is -5.53. The molecule has 296 valence electrons. The fraction of sp³-hybridized carbons (Fsp3) is 0.419. The number of anilines is 1. The molecule has 2 aromatic carbocycles. The van der Waals surface area contributed by atoms with Crippen LogP contribution in [0, 0.1) is 34.9 Å². The first-order valence-corrected chi connectivity index (χ1v) is 19.6. The first kappa shape index (κ1) is 37.1. The van der Waals surface area contributed by atoms with Gasteiger partial charge in [0, 0.05) is 74.5 Å². The van der Waals surface area contributed by atoms with Gasteiger partial charge in [-0.1, -0.05) is 12.1 Å². The number of nitrogens with zero attached hydrogens (tertiary/aromatic N) is 5. The van der Waals surface area contributed by atoms with E-state index in [1.807, 2.05) is 0 Å². The molecule has 4 aliphatic rings. The second kappa shape index (κ2) is 14.4. The Labute approximate surface area is 326 Å². The number of piperidine rings is 1. The number of para-hydroxylation sites is 1. The third kappa shape index (κ3) is 6.97. The molecule has 14 heteroatoms. The molecule has 5 aromatic rings. The standard InChI is InChI=1S/C43H42F4N6O4/c44-34-4-1-2-5-36(34)53-24-33(31-7-6-30(20-37(31)53)57-29-10-14-52(15-11-29)41-48-12-3-13-49-41)35-9-8-32(39(51-35)43(45,46)47)40(56)50-23-26-16-25-17-27-18-28(19-38(54)55)42(27,21-25)22-26/h1-9,12-13,20,24-29H,10-11,14-19,21-23H2,(H,50,56)(H,54,55). The minimum Gasteiger partial charge on any atom is -0.490 e. The predicted molar refractivity (Wildman–Crippen MR) is 203 cm³/mol. The van der Waals surface area contributed by atoms with Crippen molar-refractivity contribution in [3.63, 3.8) is 0 Å². The van der Waals surface area contributed by atoms with Gasteiger partial charge in [-0.2, -0.15) is 13.2 Å². The number of hydrogen-bond donors (Lipinski definition) is 2. The van der Waals surface area contributed by atoms with E-state index in [1.165, 1.54) is 12.1 Å². The maximum atomic E-state index is 15.3. The Bertz CT molecular complexity index is 2330. The zero-order chi connectivity index (χ0) is 39.5. The number of aliphatic carboxylic acids is 1. The van der Waals surface area contributed by atoms with Crippen molar-refractivity contribution in [2.75, 3.05) is 24.5 Å². The van der Waals surface area contributed by atoms with Gasteiger partial charge in [-0.15, -0.1) is 0 Å². The summed E-state index contributed by atoms with van der Waals surface area (Å²) < 4.78 is 67.4. The van der Waals surface area contributed by atoms with E-state index in [1.54, 1.807) is 65.6 Å². The number of benzene rings is 2. The number of carboxylic acids is 1. The molecule has 5 atom stereocenters. The van der Waals surface area contributed by atoms with Crippen LogP contribution < -0.4 is 15.0 Å². The Morgan fingerprint density at radius 2 is 1.75 bits per heavy atom. The molecule has 1 spiro atoms. The number of nitrogens with one attached hydrogen (secondary N) is 1. The quantitative estimate of drug-likeness (QED) is 0.136. The Morgan fingerprint density at radius 3 is 2.51 bits per heavy atom. The summed E-state index contributed by atoms with van der Waals surface area (Å²) in [6.07, 6.45) is 6.09. The van der Waals surface area contributed by atoms with Crippen LogP contribution in [-0.2, 0) is 11.0 Å². The SMILES string of the molecule is O=C(O)CC1CC2CC3CC(CNC(=O)c4ccc(-c5cn(-c6ccccc6F)c6cc(OC7CCN(c8ncccn8)CC7)ccc56)nc4C(F)(F)F)CC12C3. The third-order valence-corrected chi connectivity index (χ3v) is 12.9. The van der Waals surface area contributed by atoms with Gasteiger partial charge in [-0.25, -0.2) is 19.3 Å². The number of alkyl halides is 3. The normalized spacial score (nSPS) is 24.5. The van der Waals surface area contributed by atoms with Crippen molar-refractivity contribution < 1.29 is 37.0 Å². The van der Waals surface area contributed by atoms with Gasteiger partial charge in [0.15, 0.2) is 5.69 Å². The highest BCUT2D eigenvalue weighted by Gasteiger charge is 2.62. The molecule has 3 saturated carbocycles. The van der Waals surface area contributed by atoms with Crippen LogP contribution in [0.1, 0.15) is 67.4 Å². The monoisotopic (exact) mass is 782 g/mol. The highest BCUT2D eigenvalue weighted by molar-refractivity contribution is 5.99. The molecule has 9 rings (SSSR count). The molecule has 1 amide bonds. The number of aromatic nitrogens is 4. The fourth-order valence-corrected chi connectivity index (χ4v) is 10.5. The highest BCUT2D eigenvalue weighted by Crippen LogP contribution is 2.70. The van der Waals surface area contributed by atoms with E-state index in [4.69, 9.17) is 4.74 Å². The van der Waals surface area contributed by atoms with Gasteiger partial charge in [-0.3, -0.25) is 9.59 Å². The summed E-state index contributed by atoms with van der Waals surface area (Å²) >= 11 is 0. The lowest BCUT2D eigenvalue weighted by atomic mass is 9.49. The van der Waals surface area contributed by atoms with Crippen LogP contribution in [-0.4, -0.2) is 62.2 Å². The zero-order valence-corrected chi connectivity index (χ0v) is 31.1. The number of halogens is 4. The lowest BCUT2D eigenvalue weighted by molar-refractivity contribution is -0.145. The maximum absolute atomic E-state index is 15.3. The summed E-state index contributed by atoms with van der Waals surface area (Å²) in [5.41, 5.74) is -0.899. The maximum Gasteiger partial charge on any atom is 0.434 e. The molecule has 1 aliphatic heterocycles. The average molecular weight is 783 g/mol. The van der Waals surface area contributed by atoms with Crippen molar-refractivity contribution in [1.29, 1.82) is 0 Å². The Morgan fingerprint density at radius 1 is 0.965 bits per heavy atom. The van der Waals surface area contributed by atoms with Gasteiger partial charge < -0.3 is 24.6 Å². The van der Waals surface area contributed by atoms with Crippen LogP contribution in [0.5, 0.6) is 5.75 Å². The van der Waals surface area contributed by atoms with Gasteiger partial charge >= 0.3 is 12.1 Å². The number of hydrogen-bond acceptors (Lipinski definition) is 7. The van der Waals surface area contributed by atoms with Gasteiger partial charge in [0.25, 0.3) is 5.91 Å². The van der Waals surface area contributed by atoms with Crippen molar-refractivity contribution in [3.05, 3.63) is 96.3 Å². The molecule has 3 aromatic heterocycles. The number of ether oxygens (including phenoxy) is 1. The molecule has 5 unspecified atom stereocenters. The summed E-state index contributed by atoms with van der Waals surface area (Å²) in [5, 5.41) is 12.8. The van der Waals surface area contributed by atoms with E-state index >= 15 is 4.39 Å². The first-order valence-electron chi connectivity index (χ1n) is 19.6. The summed E-state index contributed by atoms with van der Waals surface area (Å²) in [6.45, 7) is 1.61. The first-order chi connectivity index (χ1) is 27.4. The van der Waals surface area contributed by atoms with Crippen LogP contribution in [0.4, 0.5) is 23.5 Å². The second-order valence-corrected chi connectivity index (χ2v) is 16.3. The van der Waals surface area contributed by atoms with E-state index in [0.717, 1.165) is 51.0 Å². The van der Waals surface area contributed by atoms with Crippen LogP contribution in [0.2, 0.25) is 0 Å². The largest absolute Gasteiger partial charge is 0.490 e. The van der Waals surface area contributed by atoms with E-state index in [9.17, 15) is 27.9 Å². The molecule has 4 fully saturated rings. The summed E-state index contributed by atoms with van der Waals surface area (Å²) in [7, 11) is 0. The van der Waals surface area contributed by atoms with Crippen molar-refractivity contribution in [3.8, 4) is 22.7 Å². The lowest BCUT2D eigenvalue weighted by Gasteiger charge is -2.55. The number of pyridine rings is 1. The van der Waals surface area contributed by atoms with Gasteiger partial charge in [-0.05, 0) is 104 Å². The molecule has 2 N–H and O–H groups in total. The smallest absolute Gasteiger partial charge is 0.434 e. The second-order valence-electron chi connectivity index (χ2n) is 16.3. The average Bonchev–Trinajstić information content (AvgIpc) is 3.67. The zero-order valence-electron chi connectivity index (χ0n) is 31.1. The van der Waals surface area contributed by atoms with Crippen molar-refractivity contribution in [2.24, 2.45) is 29.1 Å². The lowest BCUT2D eigenvalue weighted by Crippen LogP contribution is -2.49. The molecule has 4 heterocycles. The molecule has 2 bridgehead atoms. The van der Waals surface area contributed by atoms with Crippen molar-refractivity contribution in [1.82, 2.24) is 24.8 Å². The molecular formula is C43H42F4N6O4. The molecule has 3 aliphatic carbocycles. The molecule has 57 heavy (non-hydrogen) atoms. The molecular weight excluding hydrogens is 741 g/mol. The topological polar surface area (TPSA) is 122 Å². The van der Waals surface area contributed by atoms with Crippen molar-refractivity contribution >= 4 is 28.7 Å². The van der Waals surface area contributed by atoms with Gasteiger partial charge in [0.2, 0.25) is 5.95 Å². The minimum absolute atomic E-state index is 0.0217. The highest BCUT2D eigenvalue weighted by atomic mass is 19.4. The number of fused-ring (bicyclic) bond motifs is 2. The van der Waals surface area contributed by atoms with E-state index in [2.05, 4.69) is 25.2 Å². The molecule has 10 nitrogen and oxygen atoms in total. The van der Waals surface area contributed by atoms with Gasteiger partial charge in [0.05, 0.1) is 22.5 Å². The van der Waals surface area contributed by atoms with E-state index in [-0.39, 0.29) is 47.7 Å². The minimum atomic E-state index is -4.94. The van der Waals surface area contributed by atoms with Crippen LogP contribution in [0.15, 0.2) is 79.3 Å². The number of amides is 1. The van der Waals surface area contributed by atoms with Crippen LogP contribution >= 0.6 is 0 Å². The van der Waals surface area contributed by atoms with Crippen LogP contribution in [0.25, 0.3) is 27.8 Å². The number of carboxylic acid groups (broad SMARTS) is 1. The van der Waals surface area contributed by atoms with Crippen LogP contribution in [0.3, 0.4) is 0 Å². The fourth-order valence-electron chi connectivity index (χ4n) is 10.5. The van der Waals surface area contributed by atoms with Gasteiger partial charge in [0.1, 0.15) is 17.7 Å². The number of carbonyl (C=O) groups excluding carboxylic acids is 1.